The van der Waals surface area contributed by atoms with E-state index in [0.717, 1.165) is 0 Å². The van der Waals surface area contributed by atoms with Crippen molar-refractivity contribution in [1.29, 1.82) is 0 Å². The summed E-state index contributed by atoms with van der Waals surface area (Å²) in [7, 11) is 0. The summed E-state index contributed by atoms with van der Waals surface area (Å²) in [6.45, 7) is 4.83. The molecule has 2 aliphatic rings. The van der Waals surface area contributed by atoms with Crippen LogP contribution < -0.4 is 0 Å². The van der Waals surface area contributed by atoms with Crippen LogP contribution in [0.5, 0.6) is 0 Å². The van der Waals surface area contributed by atoms with Crippen molar-refractivity contribution in [1.82, 2.24) is 0 Å². The van der Waals surface area contributed by atoms with Crippen LogP contribution in [0.1, 0.15) is 42.1 Å². The third kappa shape index (κ3) is 5.31. The molecule has 0 saturated heterocycles. The molecule has 0 N–H and O–H groups in total. The van der Waals surface area contributed by atoms with Gasteiger partial charge in [-0.05, 0) is 0 Å². The summed E-state index contributed by atoms with van der Waals surface area (Å²) in [6, 6.07) is 47.1. The van der Waals surface area contributed by atoms with E-state index in [-0.39, 0.29) is 24.8 Å². The minimum atomic E-state index is -3.87. The first kappa shape index (κ1) is 31.7. The SMILES string of the molecule is CC1=Cc2c(-c3ccccc3)cccc2[CH]1[Hf]([CH3])([CH3])(=[SiH2])[CH]1C(c2ccccc2)=Cc2c(-c3ccccc3)cccc21.Cl.Cl. The Kier molecular flexibility index (Phi) is 8.82. The van der Waals surface area contributed by atoms with Crippen LogP contribution in [-0.2, 0) is 17.1 Å². The molecule has 2 aliphatic carbocycles. The molecule has 0 heterocycles. The molecule has 0 bridgehead atoms. The van der Waals surface area contributed by atoms with Crippen molar-refractivity contribution in [3.8, 4) is 22.3 Å². The molecule has 2 unspecified atom stereocenters. The van der Waals surface area contributed by atoms with E-state index >= 15 is 0 Å². The van der Waals surface area contributed by atoms with Gasteiger partial charge in [0, 0.05) is 0 Å². The maximum atomic E-state index is 2.74. The summed E-state index contributed by atoms with van der Waals surface area (Å²) in [5.41, 5.74) is 15.6. The molecule has 0 aromatic heterocycles. The van der Waals surface area contributed by atoms with Gasteiger partial charge in [0.2, 0.25) is 0 Å². The zero-order chi connectivity index (χ0) is 28.2. The van der Waals surface area contributed by atoms with E-state index in [1.807, 2.05) is 0 Å². The minimum Gasteiger partial charge on any atom is -0.147 e. The number of halogens is 2. The molecule has 5 aromatic rings. The fourth-order valence-electron chi connectivity index (χ4n) is 8.02. The summed E-state index contributed by atoms with van der Waals surface area (Å²) >= 11 is -3.87. The van der Waals surface area contributed by atoms with Crippen LogP contribution in [-0.4, -0.2) is 6.94 Å². The first-order chi connectivity index (χ1) is 19.8. The van der Waals surface area contributed by atoms with E-state index in [1.54, 1.807) is 11.1 Å². The molecule has 2 atom stereocenters. The normalized spacial score (nSPS) is 17.1. The Morgan fingerprint density at radius 1 is 0.488 bits per heavy atom. The van der Waals surface area contributed by atoms with Crippen LogP contribution >= 0.6 is 24.8 Å². The van der Waals surface area contributed by atoms with E-state index in [2.05, 4.69) is 163 Å². The molecule has 0 radical (unpaired) electrons. The standard InChI is InChI=1S/C21H15.C16H13.2CH3.2ClH.Hf.H2Si/c1-3-8-16(9-4-1)19-14-18-12-7-13-20(21(18)15-19)17-10-5-2-6-11-17;1-12-10-14-8-5-9-15(16(14)11-12)13-6-3-2-4-7-13;;;;;;/h1-15H;2-11H,1H3;2*1H3;2*1H;;1H2. The third-order valence-electron chi connectivity index (χ3n) is 9.51. The number of rotatable bonds is 5. The van der Waals surface area contributed by atoms with Gasteiger partial charge >= 0.3 is 248 Å². The summed E-state index contributed by atoms with van der Waals surface area (Å²) in [5.74, 6) is 0. The van der Waals surface area contributed by atoms with E-state index < -0.39 is 17.1 Å². The zero-order valence-electron chi connectivity index (χ0n) is 25.0. The Morgan fingerprint density at radius 3 is 1.40 bits per heavy atom. The van der Waals surface area contributed by atoms with Crippen molar-refractivity contribution in [2.24, 2.45) is 0 Å². The van der Waals surface area contributed by atoms with Gasteiger partial charge in [-0.2, -0.15) is 0 Å². The van der Waals surface area contributed by atoms with E-state index in [9.17, 15) is 0 Å². The molecule has 0 nitrogen and oxygen atoms in total. The van der Waals surface area contributed by atoms with Crippen LogP contribution in [0.3, 0.4) is 0 Å². The number of benzene rings is 5. The second-order valence-electron chi connectivity index (χ2n) is 13.0. The average molecular weight is 784 g/mol. The number of hydrogen-bond acceptors (Lipinski definition) is 0. The Labute approximate surface area is 271 Å². The molecule has 7 rings (SSSR count). The molecule has 5 aromatic carbocycles. The predicted octanol–water partition coefficient (Wildman–Crippen LogP) is 11.0. The van der Waals surface area contributed by atoms with Gasteiger partial charge in [-0.15, -0.1) is 24.8 Å². The van der Waals surface area contributed by atoms with Crippen molar-refractivity contribution in [2.45, 2.75) is 23.6 Å². The van der Waals surface area contributed by atoms with Crippen LogP contribution in [0.25, 0.3) is 40.0 Å². The van der Waals surface area contributed by atoms with Gasteiger partial charge in [-0.25, -0.2) is 0 Å². The van der Waals surface area contributed by atoms with Crippen LogP contribution in [0.15, 0.2) is 133 Å². The Bertz CT molecular complexity index is 1920. The summed E-state index contributed by atoms with van der Waals surface area (Å²) in [5, 5.41) is 0. The van der Waals surface area contributed by atoms with E-state index in [0.29, 0.717) is 7.35 Å². The predicted molar refractivity (Wildman–Crippen MR) is 192 cm³/mol. The molecule has 0 spiro atoms. The molecule has 0 saturated carbocycles. The van der Waals surface area contributed by atoms with E-state index in [1.165, 1.54) is 50.1 Å². The first-order valence-electron chi connectivity index (χ1n) is 14.7. The second kappa shape index (κ2) is 12.0. The quantitative estimate of drug-likeness (QED) is 0.156. The molecule has 0 fully saturated rings. The van der Waals surface area contributed by atoms with Crippen molar-refractivity contribution < 1.29 is 17.1 Å². The fraction of sp³-hybridized carbons (Fsp3) is 0.128. The second-order valence-corrected chi connectivity index (χ2v) is 56.5. The van der Waals surface area contributed by atoms with Crippen LogP contribution in [0.2, 0.25) is 9.36 Å². The van der Waals surface area contributed by atoms with Gasteiger partial charge in [0.1, 0.15) is 0 Å². The molecular weight excluding hydrogens is 746 g/mol. The van der Waals surface area contributed by atoms with Gasteiger partial charge in [0.15, 0.2) is 0 Å². The minimum absolute atomic E-state index is 0. The van der Waals surface area contributed by atoms with Crippen molar-refractivity contribution in [3.05, 3.63) is 161 Å². The summed E-state index contributed by atoms with van der Waals surface area (Å²) < 4.78 is 6.42. The van der Waals surface area contributed by atoms with Gasteiger partial charge in [0.25, 0.3) is 0 Å². The van der Waals surface area contributed by atoms with Crippen molar-refractivity contribution in [2.75, 3.05) is 0 Å². The first-order valence-corrected chi connectivity index (χ1v) is 34.4. The topological polar surface area (TPSA) is 0 Å². The molecule has 0 aliphatic heterocycles. The Balaban J connectivity index is 0.00000184. The molecule has 216 valence electrons. The van der Waals surface area contributed by atoms with E-state index in [4.69, 9.17) is 0 Å². The molecule has 43 heavy (non-hydrogen) atoms. The Hall–Kier alpha value is -2.75. The van der Waals surface area contributed by atoms with Crippen molar-refractivity contribution >= 4 is 49.5 Å². The van der Waals surface area contributed by atoms with Gasteiger partial charge in [-0.1, -0.05) is 0 Å². The maximum absolute atomic E-state index is 3.87. The molecule has 4 heteroatoms. The largest absolute Gasteiger partial charge is 0.147 e. The van der Waals surface area contributed by atoms with Crippen LogP contribution in [0, 0.1) is 0 Å². The third-order valence-corrected chi connectivity index (χ3v) is 34.8. The van der Waals surface area contributed by atoms with Crippen molar-refractivity contribution in [3.63, 3.8) is 0 Å². The number of fused-ring (bicyclic) bond motifs is 2. The van der Waals surface area contributed by atoms with Gasteiger partial charge < -0.3 is 0 Å². The molecule has 0 amide bonds. The monoisotopic (exact) mass is 784 g/mol. The average Bonchev–Trinajstić information content (AvgIpc) is 3.57. The Morgan fingerprint density at radius 2 is 0.907 bits per heavy atom. The maximum Gasteiger partial charge on any atom is -0.147 e. The molecular formula is C39H38Cl2HfSi. The van der Waals surface area contributed by atoms with Gasteiger partial charge in [-0.3, -0.25) is 0 Å². The number of hydrogen-bond donors (Lipinski definition) is 0. The fourth-order valence-corrected chi connectivity index (χ4v) is 36.6. The zero-order valence-corrected chi connectivity index (χ0v) is 31.6. The van der Waals surface area contributed by atoms with Gasteiger partial charge in [0.05, 0.1) is 0 Å². The van der Waals surface area contributed by atoms with Crippen LogP contribution in [0.4, 0.5) is 0 Å². The number of allylic oxidation sites excluding steroid dienone is 2. The summed E-state index contributed by atoms with van der Waals surface area (Å²) in [4.78, 5) is 0. The smallest absolute Gasteiger partial charge is 0.147 e. The summed E-state index contributed by atoms with van der Waals surface area (Å²) in [6.07, 6.45) is 5.06.